The summed E-state index contributed by atoms with van der Waals surface area (Å²) in [7, 11) is 1.96. The molecule has 1 N–H and O–H groups in total. The fourth-order valence-electron chi connectivity index (χ4n) is 3.57. The summed E-state index contributed by atoms with van der Waals surface area (Å²) in [5, 5.41) is 13.0. The summed E-state index contributed by atoms with van der Waals surface area (Å²) in [5.41, 5.74) is -0.308. The molecule has 3 nitrogen and oxygen atoms in total. The first-order chi connectivity index (χ1) is 9.11. The zero-order valence-electron chi connectivity index (χ0n) is 12.8. The Morgan fingerprint density at radius 1 is 1.26 bits per heavy atom. The minimum Gasteiger partial charge on any atom is -0.301 e. The van der Waals surface area contributed by atoms with E-state index in [1.54, 1.807) is 0 Å². The molecule has 2 saturated carbocycles. The first kappa shape index (κ1) is 14.8. The van der Waals surface area contributed by atoms with Crippen LogP contribution >= 0.6 is 0 Å². The van der Waals surface area contributed by atoms with Gasteiger partial charge < -0.3 is 5.32 Å². The predicted molar refractivity (Wildman–Crippen MR) is 78.8 cm³/mol. The Balaban J connectivity index is 2.06. The Hall–Kier alpha value is -0.590. The molecule has 19 heavy (non-hydrogen) atoms. The fourth-order valence-corrected chi connectivity index (χ4v) is 3.57. The molecule has 3 heteroatoms. The van der Waals surface area contributed by atoms with Gasteiger partial charge in [-0.1, -0.05) is 26.7 Å². The second kappa shape index (κ2) is 6.24. The number of hydrogen-bond donors (Lipinski definition) is 1. The summed E-state index contributed by atoms with van der Waals surface area (Å²) in [6.45, 7) is 6.61. The third-order valence-corrected chi connectivity index (χ3v) is 4.81. The van der Waals surface area contributed by atoms with Crippen LogP contribution in [0.3, 0.4) is 0 Å². The van der Waals surface area contributed by atoms with Gasteiger partial charge in [0.1, 0.15) is 5.54 Å². The van der Waals surface area contributed by atoms with Gasteiger partial charge in [-0.25, -0.2) is 0 Å². The number of nitrogens with zero attached hydrogens (tertiary/aromatic N) is 2. The average Bonchev–Trinajstić information content (AvgIpc) is 3.10. The van der Waals surface area contributed by atoms with Gasteiger partial charge in [-0.15, -0.1) is 0 Å². The van der Waals surface area contributed by atoms with Gasteiger partial charge in [-0.2, -0.15) is 5.26 Å². The summed E-state index contributed by atoms with van der Waals surface area (Å²) in [6, 6.07) is 3.31. The maximum atomic E-state index is 9.67. The summed E-state index contributed by atoms with van der Waals surface area (Å²) >= 11 is 0. The van der Waals surface area contributed by atoms with Gasteiger partial charge >= 0.3 is 0 Å². The van der Waals surface area contributed by atoms with Crippen LogP contribution in [-0.4, -0.2) is 36.6 Å². The molecular weight excluding hydrogens is 234 g/mol. The molecule has 0 heterocycles. The molecule has 2 fully saturated rings. The Bertz CT molecular complexity index is 323. The van der Waals surface area contributed by atoms with E-state index in [0.29, 0.717) is 17.9 Å². The molecule has 2 rings (SSSR count). The highest BCUT2D eigenvalue weighted by atomic mass is 15.2. The predicted octanol–water partition coefficient (Wildman–Crippen LogP) is 2.78. The molecule has 2 aliphatic carbocycles. The van der Waals surface area contributed by atoms with Gasteiger partial charge in [0.2, 0.25) is 0 Å². The van der Waals surface area contributed by atoms with Crippen LogP contribution in [0.25, 0.3) is 0 Å². The first-order valence-electron chi connectivity index (χ1n) is 7.95. The molecule has 0 amide bonds. The molecule has 1 atom stereocenters. The SMILES string of the molecule is CNC(C#N)(CN(CC(C)C)C1CCCC1)C1CC1. The Morgan fingerprint density at radius 2 is 1.89 bits per heavy atom. The van der Waals surface area contributed by atoms with E-state index in [1.807, 2.05) is 7.05 Å². The van der Waals surface area contributed by atoms with Gasteiger partial charge in [-0.05, 0) is 44.6 Å². The second-order valence-electron chi connectivity index (χ2n) is 6.87. The maximum absolute atomic E-state index is 9.67. The highest BCUT2D eigenvalue weighted by Crippen LogP contribution is 2.40. The van der Waals surface area contributed by atoms with Crippen molar-refractivity contribution >= 4 is 0 Å². The smallest absolute Gasteiger partial charge is 0.122 e. The molecular formula is C16H29N3. The van der Waals surface area contributed by atoms with Gasteiger partial charge in [0.15, 0.2) is 0 Å². The van der Waals surface area contributed by atoms with Gasteiger partial charge in [0.25, 0.3) is 0 Å². The summed E-state index contributed by atoms with van der Waals surface area (Å²) in [5.74, 6) is 1.24. The van der Waals surface area contributed by atoms with E-state index in [9.17, 15) is 5.26 Å². The van der Waals surface area contributed by atoms with Crippen LogP contribution in [0, 0.1) is 23.2 Å². The van der Waals surface area contributed by atoms with Gasteiger partial charge in [-0.3, -0.25) is 4.90 Å². The van der Waals surface area contributed by atoms with Crippen LogP contribution in [0.4, 0.5) is 0 Å². The van der Waals surface area contributed by atoms with Crippen LogP contribution in [0.1, 0.15) is 52.4 Å². The Labute approximate surface area is 118 Å². The molecule has 1 unspecified atom stereocenters. The van der Waals surface area contributed by atoms with Crippen molar-refractivity contribution in [3.63, 3.8) is 0 Å². The van der Waals surface area contributed by atoms with E-state index in [4.69, 9.17) is 0 Å². The van der Waals surface area contributed by atoms with Crippen molar-refractivity contribution in [3.05, 3.63) is 0 Å². The summed E-state index contributed by atoms with van der Waals surface area (Å²) in [4.78, 5) is 2.61. The topological polar surface area (TPSA) is 39.1 Å². The van der Waals surface area contributed by atoms with Crippen LogP contribution in [-0.2, 0) is 0 Å². The lowest BCUT2D eigenvalue weighted by Gasteiger charge is -2.37. The summed E-state index contributed by atoms with van der Waals surface area (Å²) < 4.78 is 0. The third kappa shape index (κ3) is 3.49. The molecule has 2 aliphatic rings. The van der Waals surface area contributed by atoms with Crippen LogP contribution in [0.5, 0.6) is 0 Å². The zero-order valence-corrected chi connectivity index (χ0v) is 12.8. The minimum atomic E-state index is -0.308. The molecule has 0 aliphatic heterocycles. The highest BCUT2D eigenvalue weighted by molar-refractivity contribution is 5.16. The lowest BCUT2D eigenvalue weighted by Crippen LogP contribution is -2.55. The van der Waals surface area contributed by atoms with Crippen molar-refractivity contribution < 1.29 is 0 Å². The van der Waals surface area contributed by atoms with E-state index in [0.717, 1.165) is 13.1 Å². The van der Waals surface area contributed by atoms with Crippen LogP contribution in [0.2, 0.25) is 0 Å². The van der Waals surface area contributed by atoms with Crippen molar-refractivity contribution in [3.8, 4) is 6.07 Å². The number of nitriles is 1. The fraction of sp³-hybridized carbons (Fsp3) is 0.938. The van der Waals surface area contributed by atoms with Crippen LogP contribution < -0.4 is 5.32 Å². The van der Waals surface area contributed by atoms with E-state index in [1.165, 1.54) is 38.5 Å². The molecule has 0 saturated heterocycles. The number of likely N-dealkylation sites (N-methyl/N-ethyl adjacent to an activating group) is 1. The Kier molecular flexibility index (Phi) is 4.86. The van der Waals surface area contributed by atoms with E-state index >= 15 is 0 Å². The first-order valence-corrected chi connectivity index (χ1v) is 7.95. The molecule has 0 spiro atoms. The van der Waals surface area contributed by atoms with E-state index in [2.05, 4.69) is 30.1 Å². The normalized spacial score (nSPS) is 23.8. The number of nitrogens with one attached hydrogen (secondary N) is 1. The zero-order chi connectivity index (χ0) is 13.9. The number of hydrogen-bond acceptors (Lipinski definition) is 3. The Morgan fingerprint density at radius 3 is 2.32 bits per heavy atom. The minimum absolute atomic E-state index is 0.308. The molecule has 0 bridgehead atoms. The average molecular weight is 263 g/mol. The second-order valence-corrected chi connectivity index (χ2v) is 6.87. The third-order valence-electron chi connectivity index (χ3n) is 4.81. The largest absolute Gasteiger partial charge is 0.301 e. The van der Waals surface area contributed by atoms with Crippen molar-refractivity contribution in [2.24, 2.45) is 11.8 Å². The van der Waals surface area contributed by atoms with Crippen molar-refractivity contribution in [1.82, 2.24) is 10.2 Å². The molecule has 0 aromatic heterocycles. The lowest BCUT2D eigenvalue weighted by molar-refractivity contribution is 0.134. The van der Waals surface area contributed by atoms with Crippen molar-refractivity contribution in [2.45, 2.75) is 64.0 Å². The standard InChI is InChI=1S/C16H29N3/c1-13(2)10-19(15-6-4-5-7-15)12-16(11-17,18-3)14-8-9-14/h13-15,18H,4-10,12H2,1-3H3. The van der Waals surface area contributed by atoms with Gasteiger partial charge in [0.05, 0.1) is 6.07 Å². The molecule has 0 aromatic carbocycles. The summed E-state index contributed by atoms with van der Waals surface area (Å²) in [6.07, 6.45) is 7.80. The number of rotatable bonds is 7. The van der Waals surface area contributed by atoms with E-state index < -0.39 is 0 Å². The molecule has 0 aromatic rings. The van der Waals surface area contributed by atoms with Gasteiger partial charge in [0, 0.05) is 19.1 Å². The van der Waals surface area contributed by atoms with Crippen LogP contribution in [0.15, 0.2) is 0 Å². The quantitative estimate of drug-likeness (QED) is 0.767. The van der Waals surface area contributed by atoms with Crippen molar-refractivity contribution in [1.29, 1.82) is 5.26 Å². The van der Waals surface area contributed by atoms with Crippen molar-refractivity contribution in [2.75, 3.05) is 20.1 Å². The van der Waals surface area contributed by atoms with E-state index in [-0.39, 0.29) is 5.54 Å². The highest BCUT2D eigenvalue weighted by Gasteiger charge is 2.46. The maximum Gasteiger partial charge on any atom is 0.122 e. The monoisotopic (exact) mass is 263 g/mol. The molecule has 0 radical (unpaired) electrons. The molecule has 108 valence electrons. The lowest BCUT2D eigenvalue weighted by atomic mass is 9.93.